The average Bonchev–Trinajstić information content (AvgIpc) is 3.65. The molecule has 4 atom stereocenters. The van der Waals surface area contributed by atoms with Crippen LogP contribution in [-0.4, -0.2) is 41.4 Å². The first-order valence-corrected chi connectivity index (χ1v) is 15.0. The molecule has 1 aliphatic heterocycles. The second-order valence-corrected chi connectivity index (χ2v) is 15.0. The molecule has 2 aromatic carbocycles. The molecule has 0 bridgehead atoms. The topological polar surface area (TPSA) is 63.7 Å². The van der Waals surface area contributed by atoms with E-state index in [1.807, 2.05) is 35.2 Å². The molecule has 1 amide bonds. The Kier molecular flexibility index (Phi) is 7.89. The number of halogens is 2. The summed E-state index contributed by atoms with van der Waals surface area (Å²) in [4.78, 5) is 16.2. The first-order chi connectivity index (χ1) is 17.3. The monoisotopic (exact) mass is 563 g/mol. The van der Waals surface area contributed by atoms with Gasteiger partial charge in [0.25, 0.3) is 5.91 Å². The molecule has 2 aromatic rings. The smallest absolute Gasteiger partial charge is 0.255 e. The summed E-state index contributed by atoms with van der Waals surface area (Å²) in [5.74, 6) is -0.239. The van der Waals surface area contributed by atoms with Gasteiger partial charge in [0.05, 0.1) is 16.5 Å². The van der Waals surface area contributed by atoms with Crippen molar-refractivity contribution < 1.29 is 17.9 Å². The number of carbonyl (C=O) groups is 1. The molecule has 1 saturated heterocycles. The van der Waals surface area contributed by atoms with E-state index in [-0.39, 0.29) is 24.0 Å². The van der Waals surface area contributed by atoms with Gasteiger partial charge in [-0.15, -0.1) is 6.58 Å². The van der Waals surface area contributed by atoms with E-state index in [9.17, 15) is 13.2 Å². The molecule has 200 valence electrons. The molecule has 0 spiro atoms. The van der Waals surface area contributed by atoms with Crippen molar-refractivity contribution in [2.75, 3.05) is 5.75 Å². The molecule has 1 heterocycles. The minimum Gasteiger partial charge on any atom is -0.355 e. The number of sulfone groups is 1. The van der Waals surface area contributed by atoms with Gasteiger partial charge in [0.1, 0.15) is 11.7 Å². The molecule has 0 radical (unpaired) electrons. The van der Waals surface area contributed by atoms with Crippen molar-refractivity contribution in [3.63, 3.8) is 0 Å². The van der Waals surface area contributed by atoms with Crippen molar-refractivity contribution in [1.82, 2.24) is 4.90 Å². The van der Waals surface area contributed by atoms with Crippen LogP contribution in [0.4, 0.5) is 0 Å². The number of benzene rings is 2. The molecule has 1 aliphatic carbocycles. The summed E-state index contributed by atoms with van der Waals surface area (Å²) >= 11 is 12.6. The summed E-state index contributed by atoms with van der Waals surface area (Å²) in [7, 11) is -3.52. The first-order valence-electron chi connectivity index (χ1n) is 12.6. The zero-order chi connectivity index (χ0) is 27.2. The number of rotatable bonds is 8. The van der Waals surface area contributed by atoms with Gasteiger partial charge in [0, 0.05) is 22.5 Å². The predicted molar refractivity (Wildman–Crippen MR) is 150 cm³/mol. The van der Waals surface area contributed by atoms with Gasteiger partial charge in [-0.05, 0) is 81.8 Å². The minimum atomic E-state index is -3.52. The quantitative estimate of drug-likeness (QED) is 0.325. The van der Waals surface area contributed by atoms with E-state index >= 15 is 0 Å². The Morgan fingerprint density at radius 2 is 1.76 bits per heavy atom. The van der Waals surface area contributed by atoms with E-state index in [2.05, 4.69) is 6.58 Å². The molecule has 2 aliphatic rings. The van der Waals surface area contributed by atoms with Gasteiger partial charge in [-0.25, -0.2) is 8.42 Å². The van der Waals surface area contributed by atoms with Gasteiger partial charge in [0.15, 0.2) is 9.84 Å². The number of hydrogen-bond acceptors (Lipinski definition) is 4. The van der Waals surface area contributed by atoms with Crippen LogP contribution >= 0.6 is 23.2 Å². The molecule has 5 nitrogen and oxygen atoms in total. The number of carbonyl (C=O) groups excluding carboxylic acids is 1. The summed E-state index contributed by atoms with van der Waals surface area (Å²) in [6.07, 6.45) is 3.13. The van der Waals surface area contributed by atoms with E-state index in [0.29, 0.717) is 10.0 Å². The zero-order valence-corrected chi connectivity index (χ0v) is 24.1. The molecule has 1 saturated carbocycles. The molecule has 4 rings (SSSR count). The van der Waals surface area contributed by atoms with Gasteiger partial charge < -0.3 is 9.64 Å². The van der Waals surface area contributed by atoms with Crippen LogP contribution in [0, 0.1) is 5.92 Å². The van der Waals surface area contributed by atoms with Gasteiger partial charge >= 0.3 is 0 Å². The van der Waals surface area contributed by atoms with Crippen molar-refractivity contribution in [2.45, 2.75) is 75.5 Å². The third-order valence-corrected chi connectivity index (χ3v) is 10.6. The number of ether oxygens (including phenoxy) is 1. The molecule has 8 heteroatoms. The molecule has 0 N–H and O–H groups in total. The SMILES string of the molecule is C=CC[C@]1(C)O[C@H](c2cccc(Cl)c2)[C@@H](c2ccc(Cl)cc2)N([C@H](CS(=O)(=O)C(C)(C)C)C2CC2)C1=O. The second-order valence-electron chi connectivity index (χ2n) is 11.3. The molecule has 0 aromatic heterocycles. The van der Waals surface area contributed by atoms with E-state index < -0.39 is 38.4 Å². The number of nitrogens with zero attached hydrogens (tertiary/aromatic N) is 1. The Balaban J connectivity index is 1.93. The van der Waals surface area contributed by atoms with Crippen LogP contribution in [-0.2, 0) is 19.4 Å². The summed E-state index contributed by atoms with van der Waals surface area (Å²) in [6, 6.07) is 13.7. The highest BCUT2D eigenvalue weighted by atomic mass is 35.5. The van der Waals surface area contributed by atoms with Crippen molar-refractivity contribution in [3.8, 4) is 0 Å². The molecular formula is C29H35Cl2NO4S. The van der Waals surface area contributed by atoms with Gasteiger partial charge in [0.2, 0.25) is 0 Å². The lowest BCUT2D eigenvalue weighted by Gasteiger charge is -2.52. The summed E-state index contributed by atoms with van der Waals surface area (Å²) < 4.78 is 32.7. The third kappa shape index (κ3) is 5.78. The largest absolute Gasteiger partial charge is 0.355 e. The Labute approximate surface area is 230 Å². The van der Waals surface area contributed by atoms with Crippen LogP contribution < -0.4 is 0 Å². The fraction of sp³-hybridized carbons (Fsp3) is 0.483. The van der Waals surface area contributed by atoms with Gasteiger partial charge in [-0.3, -0.25) is 4.79 Å². The van der Waals surface area contributed by atoms with E-state index in [1.54, 1.807) is 52.0 Å². The lowest BCUT2D eigenvalue weighted by molar-refractivity contribution is -0.202. The summed E-state index contributed by atoms with van der Waals surface area (Å²) in [6.45, 7) is 10.8. The van der Waals surface area contributed by atoms with Crippen LogP contribution in [0.1, 0.15) is 70.2 Å². The standard InChI is InChI=1S/C29H35Cl2NO4S/c1-6-16-29(5)27(33)32(24(19-10-11-19)18-37(34,35)28(2,3)4)25(20-12-14-22(30)15-13-20)26(36-29)21-8-7-9-23(31)17-21/h6-9,12-15,17,19,24-26H,1,10-11,16,18H2,2-5H3/t24-,25-,26-,29+/m1/s1. The highest BCUT2D eigenvalue weighted by Gasteiger charge is 2.55. The molecule has 0 unspecified atom stereocenters. The molecule has 37 heavy (non-hydrogen) atoms. The van der Waals surface area contributed by atoms with Crippen LogP contribution in [0.3, 0.4) is 0 Å². The number of hydrogen-bond donors (Lipinski definition) is 0. The number of morpholine rings is 1. The Hall–Kier alpha value is -1.86. The fourth-order valence-electron chi connectivity index (χ4n) is 5.04. The summed E-state index contributed by atoms with van der Waals surface area (Å²) in [5, 5.41) is 1.13. The highest BCUT2D eigenvalue weighted by Crippen LogP contribution is 2.51. The van der Waals surface area contributed by atoms with Crippen LogP contribution in [0.2, 0.25) is 10.0 Å². The molecule has 2 fully saturated rings. The predicted octanol–water partition coefficient (Wildman–Crippen LogP) is 6.96. The van der Waals surface area contributed by atoms with Crippen molar-refractivity contribution >= 4 is 38.9 Å². The average molecular weight is 565 g/mol. The van der Waals surface area contributed by atoms with Gasteiger partial charge in [-0.1, -0.05) is 53.5 Å². The van der Waals surface area contributed by atoms with Crippen LogP contribution in [0.15, 0.2) is 61.2 Å². The lowest BCUT2D eigenvalue weighted by atomic mass is 9.85. The van der Waals surface area contributed by atoms with E-state index in [1.165, 1.54) is 0 Å². The highest BCUT2D eigenvalue weighted by molar-refractivity contribution is 7.92. The lowest BCUT2D eigenvalue weighted by Crippen LogP contribution is -2.62. The second kappa shape index (κ2) is 10.4. The summed E-state index contributed by atoms with van der Waals surface area (Å²) in [5.41, 5.74) is 0.423. The van der Waals surface area contributed by atoms with Crippen molar-refractivity contribution in [2.24, 2.45) is 5.92 Å². The normalized spacial score (nSPS) is 25.7. The maximum Gasteiger partial charge on any atom is 0.255 e. The van der Waals surface area contributed by atoms with Crippen LogP contribution in [0.25, 0.3) is 0 Å². The fourth-order valence-corrected chi connectivity index (χ4v) is 6.74. The van der Waals surface area contributed by atoms with E-state index in [4.69, 9.17) is 27.9 Å². The van der Waals surface area contributed by atoms with Crippen LogP contribution in [0.5, 0.6) is 0 Å². The van der Waals surface area contributed by atoms with Crippen molar-refractivity contribution in [1.29, 1.82) is 0 Å². The van der Waals surface area contributed by atoms with Gasteiger partial charge in [-0.2, -0.15) is 0 Å². The maximum atomic E-state index is 14.3. The Morgan fingerprint density at radius 3 is 2.30 bits per heavy atom. The Bertz CT molecular complexity index is 1270. The zero-order valence-electron chi connectivity index (χ0n) is 21.8. The van der Waals surface area contributed by atoms with Crippen molar-refractivity contribution in [3.05, 3.63) is 82.4 Å². The molecular weight excluding hydrogens is 529 g/mol. The minimum absolute atomic E-state index is 0.0990. The first kappa shape index (κ1) is 28.2. The maximum absolute atomic E-state index is 14.3. The third-order valence-electron chi connectivity index (χ3n) is 7.43. The Morgan fingerprint density at radius 1 is 1.11 bits per heavy atom. The number of amides is 1. The van der Waals surface area contributed by atoms with E-state index in [0.717, 1.165) is 24.0 Å².